The van der Waals surface area contributed by atoms with Crippen LogP contribution in [0.2, 0.25) is 0 Å². The van der Waals surface area contributed by atoms with E-state index in [1.165, 1.54) is 11.0 Å². The Kier molecular flexibility index (Phi) is 5.69. The number of amides is 2. The van der Waals surface area contributed by atoms with E-state index in [0.717, 1.165) is 22.5 Å². The zero-order valence-corrected chi connectivity index (χ0v) is 15.2. The first-order chi connectivity index (χ1) is 11.8. The van der Waals surface area contributed by atoms with Crippen molar-refractivity contribution in [1.29, 1.82) is 0 Å². The summed E-state index contributed by atoms with van der Waals surface area (Å²) in [5.41, 5.74) is 3.75. The first kappa shape index (κ1) is 18.4. The van der Waals surface area contributed by atoms with Gasteiger partial charge < -0.3 is 10.2 Å². The smallest absolute Gasteiger partial charge is 0.246 e. The standard InChI is InChI=1S/C18H23N5O2/c1-12-8-9-19-16(10-12)20-17(24)11-22(4)18(25)7-6-15-13(2)21-23(5)14(15)3/h6-10H,11H2,1-5H3,(H,19,20,24)/b7-6-. The van der Waals surface area contributed by atoms with Crippen LogP contribution in [-0.4, -0.2) is 45.1 Å². The number of likely N-dealkylation sites (N-methyl/N-ethyl adjacent to an activating group) is 1. The number of carbonyl (C=O) groups excluding carboxylic acids is 2. The molecule has 0 bridgehead atoms. The van der Waals surface area contributed by atoms with Crippen LogP contribution in [0.4, 0.5) is 5.82 Å². The third kappa shape index (κ3) is 4.76. The van der Waals surface area contributed by atoms with Gasteiger partial charge in [0, 0.05) is 37.6 Å². The van der Waals surface area contributed by atoms with Gasteiger partial charge in [-0.25, -0.2) is 4.98 Å². The van der Waals surface area contributed by atoms with Crippen molar-refractivity contribution in [2.24, 2.45) is 7.05 Å². The first-order valence-corrected chi connectivity index (χ1v) is 7.94. The van der Waals surface area contributed by atoms with Gasteiger partial charge >= 0.3 is 0 Å². The van der Waals surface area contributed by atoms with Gasteiger partial charge in [0.2, 0.25) is 11.8 Å². The highest BCUT2D eigenvalue weighted by Gasteiger charge is 2.12. The Morgan fingerprint density at radius 3 is 2.64 bits per heavy atom. The van der Waals surface area contributed by atoms with Crippen LogP contribution in [0.1, 0.15) is 22.5 Å². The molecule has 2 aromatic heterocycles. The quantitative estimate of drug-likeness (QED) is 0.842. The Bertz CT molecular complexity index is 823. The van der Waals surface area contributed by atoms with Crippen LogP contribution in [0.25, 0.3) is 6.08 Å². The van der Waals surface area contributed by atoms with Crippen LogP contribution >= 0.6 is 0 Å². The SMILES string of the molecule is Cc1ccnc(NC(=O)CN(C)C(=O)/C=C\c2c(C)nn(C)c2C)c1. The number of nitrogens with one attached hydrogen (secondary N) is 1. The second kappa shape index (κ2) is 7.74. The van der Waals surface area contributed by atoms with Gasteiger partial charge in [0.05, 0.1) is 12.2 Å². The fraction of sp³-hybridized carbons (Fsp3) is 0.333. The molecular formula is C18H23N5O2. The van der Waals surface area contributed by atoms with E-state index in [1.807, 2.05) is 33.9 Å². The molecule has 2 rings (SSSR count). The average molecular weight is 341 g/mol. The lowest BCUT2D eigenvalue weighted by Crippen LogP contribution is -2.34. The fourth-order valence-electron chi connectivity index (χ4n) is 2.39. The lowest BCUT2D eigenvalue weighted by atomic mass is 10.2. The molecule has 0 aliphatic heterocycles. The van der Waals surface area contributed by atoms with Crippen molar-refractivity contribution in [3.05, 3.63) is 46.9 Å². The topological polar surface area (TPSA) is 80.1 Å². The van der Waals surface area contributed by atoms with Crippen molar-refractivity contribution in [1.82, 2.24) is 19.7 Å². The predicted molar refractivity (Wildman–Crippen MR) is 97.0 cm³/mol. The summed E-state index contributed by atoms with van der Waals surface area (Å²) >= 11 is 0. The Labute approximate surface area is 147 Å². The first-order valence-electron chi connectivity index (χ1n) is 7.94. The van der Waals surface area contributed by atoms with E-state index in [0.29, 0.717) is 5.82 Å². The van der Waals surface area contributed by atoms with E-state index in [1.54, 1.807) is 30.1 Å². The summed E-state index contributed by atoms with van der Waals surface area (Å²) < 4.78 is 1.77. The molecule has 0 atom stereocenters. The molecule has 0 aliphatic rings. The molecule has 0 aromatic carbocycles. The average Bonchev–Trinajstić information content (AvgIpc) is 2.77. The van der Waals surface area contributed by atoms with Crippen LogP contribution < -0.4 is 5.32 Å². The third-order valence-corrected chi connectivity index (χ3v) is 3.90. The third-order valence-electron chi connectivity index (χ3n) is 3.90. The fourth-order valence-corrected chi connectivity index (χ4v) is 2.39. The summed E-state index contributed by atoms with van der Waals surface area (Å²) in [5, 5.41) is 6.99. The monoisotopic (exact) mass is 341 g/mol. The van der Waals surface area contributed by atoms with Crippen LogP contribution in [0, 0.1) is 20.8 Å². The zero-order chi connectivity index (χ0) is 18.6. The predicted octanol–water partition coefficient (Wildman–Crippen LogP) is 1.85. The van der Waals surface area contributed by atoms with Crippen molar-refractivity contribution < 1.29 is 9.59 Å². The molecule has 0 fully saturated rings. The number of hydrogen-bond acceptors (Lipinski definition) is 4. The number of anilines is 1. The molecular weight excluding hydrogens is 318 g/mol. The molecule has 0 radical (unpaired) electrons. The van der Waals surface area contributed by atoms with Gasteiger partial charge in [0.25, 0.3) is 0 Å². The number of pyridine rings is 1. The zero-order valence-electron chi connectivity index (χ0n) is 15.2. The molecule has 0 unspecified atom stereocenters. The summed E-state index contributed by atoms with van der Waals surface area (Å²) in [7, 11) is 3.44. The number of nitrogens with zero attached hydrogens (tertiary/aromatic N) is 4. The molecule has 7 nitrogen and oxygen atoms in total. The minimum absolute atomic E-state index is 0.0518. The molecule has 0 aliphatic carbocycles. The van der Waals surface area contributed by atoms with E-state index in [-0.39, 0.29) is 18.4 Å². The number of hydrogen-bond donors (Lipinski definition) is 1. The van der Waals surface area contributed by atoms with Gasteiger partial charge in [0.15, 0.2) is 0 Å². The summed E-state index contributed by atoms with van der Waals surface area (Å²) in [6.07, 6.45) is 4.81. The van der Waals surface area contributed by atoms with Crippen LogP contribution in [0.15, 0.2) is 24.4 Å². The van der Waals surface area contributed by atoms with Crippen LogP contribution in [0.5, 0.6) is 0 Å². The summed E-state index contributed by atoms with van der Waals surface area (Å²) in [6.45, 7) is 5.70. The van der Waals surface area contributed by atoms with Crippen molar-refractivity contribution in [2.45, 2.75) is 20.8 Å². The number of carbonyl (C=O) groups is 2. The summed E-state index contributed by atoms with van der Waals surface area (Å²) in [4.78, 5) is 29.7. The highest BCUT2D eigenvalue weighted by Crippen LogP contribution is 2.13. The Balaban J connectivity index is 1.95. The minimum Gasteiger partial charge on any atom is -0.333 e. The van der Waals surface area contributed by atoms with Gasteiger partial charge in [-0.2, -0.15) is 5.10 Å². The Morgan fingerprint density at radius 1 is 1.32 bits per heavy atom. The van der Waals surface area contributed by atoms with Gasteiger partial charge in [-0.1, -0.05) is 0 Å². The van der Waals surface area contributed by atoms with E-state index >= 15 is 0 Å². The summed E-state index contributed by atoms with van der Waals surface area (Å²) in [5.74, 6) is -0.0749. The molecule has 132 valence electrons. The van der Waals surface area contributed by atoms with Gasteiger partial charge in [-0.3, -0.25) is 14.3 Å². The van der Waals surface area contributed by atoms with Gasteiger partial charge in [-0.15, -0.1) is 0 Å². The van der Waals surface area contributed by atoms with Gasteiger partial charge in [0.1, 0.15) is 5.82 Å². The lowest BCUT2D eigenvalue weighted by Gasteiger charge is -2.14. The van der Waals surface area contributed by atoms with Crippen molar-refractivity contribution >= 4 is 23.7 Å². The van der Waals surface area contributed by atoms with Crippen molar-refractivity contribution in [2.75, 3.05) is 18.9 Å². The van der Waals surface area contributed by atoms with Crippen LogP contribution in [0.3, 0.4) is 0 Å². The Hall–Kier alpha value is -2.96. The highest BCUT2D eigenvalue weighted by molar-refractivity contribution is 5.97. The Morgan fingerprint density at radius 2 is 2.04 bits per heavy atom. The summed E-state index contributed by atoms with van der Waals surface area (Å²) in [6, 6.07) is 3.62. The van der Waals surface area contributed by atoms with Crippen molar-refractivity contribution in [3.8, 4) is 0 Å². The van der Waals surface area contributed by atoms with E-state index in [9.17, 15) is 9.59 Å². The second-order valence-electron chi connectivity index (χ2n) is 6.00. The lowest BCUT2D eigenvalue weighted by molar-refractivity contribution is -0.129. The number of aryl methyl sites for hydroxylation is 3. The maximum absolute atomic E-state index is 12.2. The normalized spacial score (nSPS) is 10.9. The molecule has 2 amide bonds. The maximum Gasteiger partial charge on any atom is 0.246 e. The van der Waals surface area contributed by atoms with Crippen molar-refractivity contribution in [3.63, 3.8) is 0 Å². The second-order valence-corrected chi connectivity index (χ2v) is 6.00. The van der Waals surface area contributed by atoms with E-state index in [4.69, 9.17) is 0 Å². The molecule has 25 heavy (non-hydrogen) atoms. The number of aromatic nitrogens is 3. The molecule has 1 N–H and O–H groups in total. The largest absolute Gasteiger partial charge is 0.333 e. The molecule has 2 heterocycles. The molecule has 7 heteroatoms. The number of rotatable bonds is 5. The van der Waals surface area contributed by atoms with E-state index < -0.39 is 0 Å². The maximum atomic E-state index is 12.2. The van der Waals surface area contributed by atoms with Gasteiger partial charge in [-0.05, 0) is 44.5 Å². The van der Waals surface area contributed by atoms with Crippen LogP contribution in [-0.2, 0) is 16.6 Å². The molecule has 2 aromatic rings. The molecule has 0 saturated heterocycles. The highest BCUT2D eigenvalue weighted by atomic mass is 16.2. The molecule has 0 saturated carbocycles. The van der Waals surface area contributed by atoms with E-state index in [2.05, 4.69) is 15.4 Å². The molecule has 0 spiro atoms. The minimum atomic E-state index is -0.295.